The zero-order chi connectivity index (χ0) is 21.2. The fourth-order valence-corrected chi connectivity index (χ4v) is 3.48. The monoisotopic (exact) mass is 415 g/mol. The van der Waals surface area contributed by atoms with Gasteiger partial charge in [0.1, 0.15) is 0 Å². The van der Waals surface area contributed by atoms with E-state index in [1.54, 1.807) is 0 Å². The van der Waals surface area contributed by atoms with Crippen LogP contribution in [0.25, 0.3) is 0 Å². The maximum atomic E-state index is 12.0. The highest BCUT2D eigenvalue weighted by Crippen LogP contribution is 2.17. The Morgan fingerprint density at radius 2 is 1.76 bits per heavy atom. The summed E-state index contributed by atoms with van der Waals surface area (Å²) in [4.78, 5) is 32.9. The van der Waals surface area contributed by atoms with Crippen molar-refractivity contribution in [3.8, 4) is 0 Å². The van der Waals surface area contributed by atoms with E-state index in [4.69, 9.17) is 4.74 Å². The van der Waals surface area contributed by atoms with Crippen molar-refractivity contribution in [1.82, 2.24) is 15.3 Å². The highest BCUT2D eigenvalue weighted by Gasteiger charge is 2.13. The quantitative estimate of drug-likeness (QED) is 0.364. The van der Waals surface area contributed by atoms with E-state index >= 15 is 0 Å². The highest BCUT2D eigenvalue weighted by molar-refractivity contribution is 7.98. The first-order valence-corrected chi connectivity index (χ1v) is 11.0. The lowest BCUT2D eigenvalue weighted by atomic mass is 10.1. The SMILES string of the molecule is CSc1nc(C)c(CCC(=O)OCC(=O)N[C@@H](C)CCc2ccccc2)c(C)n1. The van der Waals surface area contributed by atoms with Crippen molar-refractivity contribution < 1.29 is 14.3 Å². The van der Waals surface area contributed by atoms with Gasteiger partial charge in [-0.3, -0.25) is 9.59 Å². The summed E-state index contributed by atoms with van der Waals surface area (Å²) in [6.45, 7) is 5.53. The van der Waals surface area contributed by atoms with Gasteiger partial charge in [0, 0.05) is 23.9 Å². The number of aryl methyl sites for hydroxylation is 3. The van der Waals surface area contributed by atoms with Crippen LogP contribution in [0.5, 0.6) is 0 Å². The molecule has 29 heavy (non-hydrogen) atoms. The van der Waals surface area contributed by atoms with Gasteiger partial charge in [-0.15, -0.1) is 0 Å². The lowest BCUT2D eigenvalue weighted by Gasteiger charge is -2.14. The van der Waals surface area contributed by atoms with E-state index in [-0.39, 0.29) is 25.0 Å². The fourth-order valence-electron chi connectivity index (χ4n) is 3.02. The lowest BCUT2D eigenvalue weighted by Crippen LogP contribution is -2.36. The van der Waals surface area contributed by atoms with E-state index in [0.29, 0.717) is 6.42 Å². The first-order chi connectivity index (χ1) is 13.9. The second-order valence-electron chi connectivity index (χ2n) is 7.01. The summed E-state index contributed by atoms with van der Waals surface area (Å²) in [5, 5.41) is 3.60. The number of carbonyl (C=O) groups excluding carboxylic acids is 2. The molecule has 7 heteroatoms. The average Bonchev–Trinajstić information content (AvgIpc) is 2.70. The predicted molar refractivity (Wildman–Crippen MR) is 115 cm³/mol. The van der Waals surface area contributed by atoms with Crippen molar-refractivity contribution in [3.05, 3.63) is 52.8 Å². The van der Waals surface area contributed by atoms with Crippen molar-refractivity contribution in [2.75, 3.05) is 12.9 Å². The summed E-state index contributed by atoms with van der Waals surface area (Å²) in [5.74, 6) is -0.677. The van der Waals surface area contributed by atoms with Gasteiger partial charge in [0.2, 0.25) is 0 Å². The van der Waals surface area contributed by atoms with Crippen molar-refractivity contribution >= 4 is 23.6 Å². The zero-order valence-corrected chi connectivity index (χ0v) is 18.3. The summed E-state index contributed by atoms with van der Waals surface area (Å²) in [5.41, 5.74) is 3.94. The van der Waals surface area contributed by atoms with Gasteiger partial charge in [-0.25, -0.2) is 9.97 Å². The molecule has 0 fully saturated rings. The van der Waals surface area contributed by atoms with Gasteiger partial charge in [0.25, 0.3) is 5.91 Å². The van der Waals surface area contributed by atoms with Crippen molar-refractivity contribution in [1.29, 1.82) is 0 Å². The molecular formula is C22H29N3O3S. The Hall–Kier alpha value is -2.41. The zero-order valence-electron chi connectivity index (χ0n) is 17.5. The van der Waals surface area contributed by atoms with Crippen LogP contribution in [0, 0.1) is 13.8 Å². The molecule has 2 aromatic rings. The molecule has 0 bridgehead atoms. The van der Waals surface area contributed by atoms with Crippen molar-refractivity contribution in [2.24, 2.45) is 0 Å². The number of thioether (sulfide) groups is 1. The van der Waals surface area contributed by atoms with E-state index in [1.807, 2.05) is 45.2 Å². The van der Waals surface area contributed by atoms with Crippen LogP contribution in [-0.2, 0) is 27.2 Å². The number of nitrogens with zero attached hydrogens (tertiary/aromatic N) is 2. The molecule has 1 amide bonds. The number of benzene rings is 1. The maximum Gasteiger partial charge on any atom is 0.306 e. The van der Waals surface area contributed by atoms with E-state index in [9.17, 15) is 9.59 Å². The topological polar surface area (TPSA) is 81.2 Å². The standard InChI is InChI=1S/C22H29N3O3S/c1-15(10-11-18-8-6-5-7-9-18)23-20(26)14-28-21(27)13-12-19-16(2)24-22(29-4)25-17(19)3/h5-9,15H,10-14H2,1-4H3,(H,23,26)/t15-/m0/s1. The number of esters is 1. The van der Waals surface area contributed by atoms with Gasteiger partial charge < -0.3 is 10.1 Å². The molecule has 1 atom stereocenters. The third kappa shape index (κ3) is 7.85. The largest absolute Gasteiger partial charge is 0.456 e. The van der Waals surface area contributed by atoms with Crippen LogP contribution in [0.15, 0.2) is 35.5 Å². The first kappa shape index (κ1) is 22.9. The summed E-state index contributed by atoms with van der Waals surface area (Å²) < 4.78 is 5.12. The molecule has 0 spiro atoms. The fraction of sp³-hybridized carbons (Fsp3) is 0.455. The molecule has 6 nitrogen and oxygen atoms in total. The molecule has 0 aliphatic rings. The molecule has 0 radical (unpaired) electrons. The molecule has 1 N–H and O–H groups in total. The van der Waals surface area contributed by atoms with Crippen LogP contribution in [-0.4, -0.2) is 40.7 Å². The van der Waals surface area contributed by atoms with Crippen LogP contribution in [0.1, 0.15) is 42.3 Å². The molecule has 156 valence electrons. The van der Waals surface area contributed by atoms with Gasteiger partial charge in [0.15, 0.2) is 11.8 Å². The predicted octanol–water partition coefficient (Wildman–Crippen LogP) is 3.43. The molecule has 0 unspecified atom stereocenters. The minimum atomic E-state index is -0.398. The summed E-state index contributed by atoms with van der Waals surface area (Å²) in [6, 6.07) is 10.1. The Morgan fingerprint density at radius 1 is 1.10 bits per heavy atom. The van der Waals surface area contributed by atoms with Gasteiger partial charge in [-0.1, -0.05) is 42.1 Å². The van der Waals surface area contributed by atoms with Crippen LogP contribution in [0.2, 0.25) is 0 Å². The van der Waals surface area contributed by atoms with E-state index < -0.39 is 5.97 Å². The Labute approximate surface area is 176 Å². The van der Waals surface area contributed by atoms with Gasteiger partial charge in [-0.2, -0.15) is 0 Å². The molecular weight excluding hydrogens is 386 g/mol. The number of hydrogen-bond donors (Lipinski definition) is 1. The van der Waals surface area contributed by atoms with Crippen LogP contribution in [0.4, 0.5) is 0 Å². The van der Waals surface area contributed by atoms with Gasteiger partial charge in [-0.05, 0) is 57.4 Å². The van der Waals surface area contributed by atoms with Crippen molar-refractivity contribution in [3.63, 3.8) is 0 Å². The summed E-state index contributed by atoms with van der Waals surface area (Å²) in [7, 11) is 0. The molecule has 1 aromatic heterocycles. The number of rotatable bonds is 10. The summed E-state index contributed by atoms with van der Waals surface area (Å²) in [6.07, 6.45) is 4.34. The van der Waals surface area contributed by atoms with Gasteiger partial charge in [0.05, 0.1) is 0 Å². The van der Waals surface area contributed by atoms with Crippen LogP contribution >= 0.6 is 11.8 Å². The van der Waals surface area contributed by atoms with E-state index in [1.165, 1.54) is 17.3 Å². The summed E-state index contributed by atoms with van der Waals surface area (Å²) >= 11 is 1.49. The second-order valence-corrected chi connectivity index (χ2v) is 7.79. The molecule has 2 rings (SSSR count). The van der Waals surface area contributed by atoms with Crippen LogP contribution in [0.3, 0.4) is 0 Å². The molecule has 0 aliphatic carbocycles. The average molecular weight is 416 g/mol. The van der Waals surface area contributed by atoms with E-state index in [2.05, 4.69) is 27.4 Å². The molecule has 1 aromatic carbocycles. The Bertz CT molecular complexity index is 804. The number of amides is 1. The number of aromatic nitrogens is 2. The highest BCUT2D eigenvalue weighted by atomic mass is 32.2. The third-order valence-corrected chi connectivity index (χ3v) is 5.19. The normalized spacial score (nSPS) is 11.7. The minimum absolute atomic E-state index is 0.0128. The molecule has 0 aliphatic heterocycles. The second kappa shape index (κ2) is 11.6. The lowest BCUT2D eigenvalue weighted by molar-refractivity contribution is -0.148. The number of ether oxygens (including phenoxy) is 1. The number of hydrogen-bond acceptors (Lipinski definition) is 6. The van der Waals surface area contributed by atoms with Crippen LogP contribution < -0.4 is 5.32 Å². The van der Waals surface area contributed by atoms with Crippen molar-refractivity contribution in [2.45, 2.75) is 57.7 Å². The Balaban J connectivity index is 1.70. The Morgan fingerprint density at radius 3 is 2.38 bits per heavy atom. The number of carbonyl (C=O) groups is 2. The van der Waals surface area contributed by atoms with Gasteiger partial charge >= 0.3 is 5.97 Å². The Kier molecular flexibility index (Phi) is 9.12. The maximum absolute atomic E-state index is 12.0. The van der Waals surface area contributed by atoms with E-state index in [0.717, 1.165) is 34.9 Å². The molecule has 0 saturated carbocycles. The number of nitrogens with one attached hydrogen (secondary N) is 1. The third-order valence-electron chi connectivity index (χ3n) is 4.64. The smallest absolute Gasteiger partial charge is 0.306 e. The molecule has 0 saturated heterocycles. The molecule has 1 heterocycles. The minimum Gasteiger partial charge on any atom is -0.456 e. The first-order valence-electron chi connectivity index (χ1n) is 9.76.